The number of anilines is 1. The molecular weight excluding hydrogens is 314 g/mol. The second-order valence-corrected chi connectivity index (χ2v) is 5.76. The first kappa shape index (κ1) is 14.2. The minimum Gasteiger partial charge on any atom is -0.376 e. The highest BCUT2D eigenvalue weighted by Gasteiger charge is 2.17. The summed E-state index contributed by atoms with van der Waals surface area (Å²) in [4.78, 5) is 2.19. The van der Waals surface area contributed by atoms with Crippen LogP contribution in [-0.4, -0.2) is 26.3 Å². The molecule has 0 N–H and O–H groups in total. The van der Waals surface area contributed by atoms with Crippen molar-refractivity contribution in [3.8, 4) is 0 Å². The van der Waals surface area contributed by atoms with Crippen molar-refractivity contribution in [1.29, 1.82) is 0 Å². The molecule has 1 saturated heterocycles. The van der Waals surface area contributed by atoms with Crippen LogP contribution in [0.15, 0.2) is 18.2 Å². The molecule has 2 nitrogen and oxygen atoms in total. The minimum absolute atomic E-state index is 0.343. The maximum Gasteiger partial charge on any atom is 0.0749 e. The smallest absolute Gasteiger partial charge is 0.0749 e. The zero-order chi connectivity index (χ0) is 13.0. The Labute approximate surface area is 122 Å². The highest BCUT2D eigenvalue weighted by molar-refractivity contribution is 9.08. The molecule has 1 aliphatic rings. The number of halogens is 2. The average Bonchev–Trinajstić information content (AvgIpc) is 2.39. The predicted octanol–water partition coefficient (Wildman–Crippen LogP) is 4.24. The zero-order valence-corrected chi connectivity index (χ0v) is 13.0. The number of likely N-dealkylation sites (N-methyl/N-ethyl adjacent to an activating group) is 1. The second kappa shape index (κ2) is 6.78. The molecule has 0 aromatic heterocycles. The first-order chi connectivity index (χ1) is 8.70. The van der Waals surface area contributed by atoms with Crippen molar-refractivity contribution in [2.45, 2.75) is 30.7 Å². The van der Waals surface area contributed by atoms with Crippen molar-refractivity contribution in [2.75, 3.05) is 25.1 Å². The van der Waals surface area contributed by atoms with E-state index in [4.69, 9.17) is 16.3 Å². The molecule has 1 heterocycles. The summed E-state index contributed by atoms with van der Waals surface area (Å²) in [5.74, 6) is 0. The fourth-order valence-electron chi connectivity index (χ4n) is 2.30. The number of nitrogens with zero attached hydrogens (tertiary/aromatic N) is 1. The van der Waals surface area contributed by atoms with Crippen molar-refractivity contribution >= 4 is 33.2 Å². The second-order valence-electron chi connectivity index (χ2n) is 4.79. The lowest BCUT2D eigenvalue weighted by Gasteiger charge is -2.29. The molecule has 100 valence electrons. The fraction of sp³-hybridized carbons (Fsp3) is 0.571. The van der Waals surface area contributed by atoms with Crippen LogP contribution in [-0.2, 0) is 10.1 Å². The van der Waals surface area contributed by atoms with E-state index in [-0.39, 0.29) is 0 Å². The maximum atomic E-state index is 6.32. The van der Waals surface area contributed by atoms with Crippen molar-refractivity contribution < 1.29 is 4.74 Å². The van der Waals surface area contributed by atoms with Gasteiger partial charge in [0.2, 0.25) is 0 Å². The molecule has 1 aliphatic heterocycles. The van der Waals surface area contributed by atoms with Crippen LogP contribution in [0.4, 0.5) is 5.69 Å². The molecule has 0 spiro atoms. The Balaban J connectivity index is 2.01. The van der Waals surface area contributed by atoms with Crippen LogP contribution in [0.25, 0.3) is 0 Å². The standard InChI is InChI=1S/C14H19BrClNO/c1-17(10-12-4-2-3-7-18-12)14-6-5-11(9-15)8-13(14)16/h5-6,8,12H,2-4,7,9-10H2,1H3. The van der Waals surface area contributed by atoms with Gasteiger partial charge in [-0.2, -0.15) is 0 Å². The van der Waals surface area contributed by atoms with Gasteiger partial charge in [-0.1, -0.05) is 33.6 Å². The largest absolute Gasteiger partial charge is 0.376 e. The third kappa shape index (κ3) is 3.62. The number of alkyl halides is 1. The summed E-state index contributed by atoms with van der Waals surface area (Å²) >= 11 is 9.76. The lowest BCUT2D eigenvalue weighted by atomic mass is 10.1. The number of ether oxygens (including phenoxy) is 1. The van der Waals surface area contributed by atoms with E-state index in [1.807, 2.05) is 6.07 Å². The Kier molecular flexibility index (Phi) is 5.34. The van der Waals surface area contributed by atoms with E-state index in [1.165, 1.54) is 18.4 Å². The van der Waals surface area contributed by atoms with E-state index in [1.54, 1.807) is 0 Å². The van der Waals surface area contributed by atoms with Gasteiger partial charge in [0.25, 0.3) is 0 Å². The van der Waals surface area contributed by atoms with Gasteiger partial charge in [0, 0.05) is 25.5 Å². The van der Waals surface area contributed by atoms with Gasteiger partial charge >= 0.3 is 0 Å². The molecular formula is C14H19BrClNO. The fourth-order valence-corrected chi connectivity index (χ4v) is 2.99. The summed E-state index contributed by atoms with van der Waals surface area (Å²) < 4.78 is 5.76. The van der Waals surface area contributed by atoms with Crippen molar-refractivity contribution in [3.63, 3.8) is 0 Å². The summed E-state index contributed by atoms with van der Waals surface area (Å²) in [6.45, 7) is 1.81. The van der Waals surface area contributed by atoms with Crippen molar-refractivity contribution in [2.24, 2.45) is 0 Å². The SMILES string of the molecule is CN(CC1CCCCO1)c1ccc(CBr)cc1Cl. The third-order valence-electron chi connectivity index (χ3n) is 3.33. The molecule has 1 atom stereocenters. The van der Waals surface area contributed by atoms with Gasteiger partial charge in [0.05, 0.1) is 16.8 Å². The Morgan fingerprint density at radius 3 is 2.89 bits per heavy atom. The van der Waals surface area contributed by atoms with Gasteiger partial charge < -0.3 is 9.64 Å². The summed E-state index contributed by atoms with van der Waals surface area (Å²) in [5, 5.41) is 1.65. The zero-order valence-electron chi connectivity index (χ0n) is 10.7. The number of hydrogen-bond acceptors (Lipinski definition) is 2. The van der Waals surface area contributed by atoms with Crippen molar-refractivity contribution in [1.82, 2.24) is 0 Å². The summed E-state index contributed by atoms with van der Waals surface area (Å²) in [6, 6.07) is 6.21. The third-order valence-corrected chi connectivity index (χ3v) is 4.28. The maximum absolute atomic E-state index is 6.32. The molecule has 0 amide bonds. The minimum atomic E-state index is 0.343. The first-order valence-electron chi connectivity index (χ1n) is 6.38. The Morgan fingerprint density at radius 2 is 2.28 bits per heavy atom. The average molecular weight is 333 g/mol. The topological polar surface area (TPSA) is 12.5 Å². The molecule has 4 heteroatoms. The number of rotatable bonds is 4. The van der Waals surface area contributed by atoms with Gasteiger partial charge in [0.1, 0.15) is 0 Å². The highest BCUT2D eigenvalue weighted by Crippen LogP contribution is 2.28. The molecule has 0 saturated carbocycles. The van der Waals surface area contributed by atoms with Crippen LogP contribution in [0, 0.1) is 0 Å². The number of hydrogen-bond donors (Lipinski definition) is 0. The lowest BCUT2D eigenvalue weighted by molar-refractivity contribution is 0.0216. The summed E-state index contributed by atoms with van der Waals surface area (Å²) in [5.41, 5.74) is 2.28. The van der Waals surface area contributed by atoms with E-state index in [2.05, 4.69) is 40.0 Å². The molecule has 2 rings (SSSR count). The molecule has 18 heavy (non-hydrogen) atoms. The van der Waals surface area contributed by atoms with Crippen molar-refractivity contribution in [3.05, 3.63) is 28.8 Å². The van der Waals surface area contributed by atoms with E-state index in [0.717, 1.165) is 35.6 Å². The predicted molar refractivity (Wildman–Crippen MR) is 80.9 cm³/mol. The van der Waals surface area contributed by atoms with Crippen LogP contribution >= 0.6 is 27.5 Å². The summed E-state index contributed by atoms with van der Waals surface area (Å²) in [7, 11) is 2.08. The summed E-state index contributed by atoms with van der Waals surface area (Å²) in [6.07, 6.45) is 3.97. The number of benzene rings is 1. The quantitative estimate of drug-likeness (QED) is 0.765. The van der Waals surface area contributed by atoms with E-state index >= 15 is 0 Å². The molecule has 1 aromatic carbocycles. The molecule has 0 radical (unpaired) electrons. The Morgan fingerprint density at radius 1 is 1.44 bits per heavy atom. The van der Waals surface area contributed by atoms with Gasteiger partial charge in [-0.15, -0.1) is 0 Å². The van der Waals surface area contributed by atoms with E-state index < -0.39 is 0 Å². The van der Waals surface area contributed by atoms with Gasteiger partial charge in [-0.25, -0.2) is 0 Å². The van der Waals surface area contributed by atoms with Crippen LogP contribution in [0.3, 0.4) is 0 Å². The van der Waals surface area contributed by atoms with Gasteiger partial charge in [0.15, 0.2) is 0 Å². The molecule has 0 bridgehead atoms. The molecule has 1 aromatic rings. The highest BCUT2D eigenvalue weighted by atomic mass is 79.9. The van der Waals surface area contributed by atoms with Gasteiger partial charge in [-0.05, 0) is 37.0 Å². The van der Waals surface area contributed by atoms with Crippen LogP contribution < -0.4 is 4.90 Å². The Hall–Kier alpha value is -0.250. The Bertz CT molecular complexity index is 393. The monoisotopic (exact) mass is 331 g/mol. The molecule has 1 fully saturated rings. The van der Waals surface area contributed by atoms with Crippen LogP contribution in [0.5, 0.6) is 0 Å². The first-order valence-corrected chi connectivity index (χ1v) is 7.88. The molecule has 0 aliphatic carbocycles. The normalized spacial score (nSPS) is 19.8. The van der Waals surface area contributed by atoms with Crippen LogP contribution in [0.1, 0.15) is 24.8 Å². The molecule has 1 unspecified atom stereocenters. The van der Waals surface area contributed by atoms with E-state index in [0.29, 0.717) is 6.10 Å². The lowest BCUT2D eigenvalue weighted by Crippen LogP contribution is -2.33. The van der Waals surface area contributed by atoms with Gasteiger partial charge in [-0.3, -0.25) is 0 Å². The van der Waals surface area contributed by atoms with E-state index in [9.17, 15) is 0 Å². The van der Waals surface area contributed by atoms with Crippen LogP contribution in [0.2, 0.25) is 5.02 Å².